The van der Waals surface area contributed by atoms with E-state index < -0.39 is 17.5 Å². The first-order valence-electron chi connectivity index (χ1n) is 8.10. The number of hydrogen-bond acceptors (Lipinski definition) is 4. The van der Waals surface area contributed by atoms with E-state index in [1.165, 1.54) is 0 Å². The number of amides is 3. The molecule has 1 unspecified atom stereocenters. The molecule has 0 aliphatic carbocycles. The number of anilines is 1. The third-order valence-corrected chi connectivity index (χ3v) is 4.79. The van der Waals surface area contributed by atoms with E-state index in [2.05, 4.69) is 21.2 Å². The molecular formula is C19H17BrN2O4. The monoisotopic (exact) mass is 416 g/mol. The highest BCUT2D eigenvalue weighted by Gasteiger charge is 2.53. The Morgan fingerprint density at radius 3 is 2.65 bits per heavy atom. The van der Waals surface area contributed by atoms with Crippen LogP contribution in [0.1, 0.15) is 18.1 Å². The Balaban J connectivity index is 2.17. The number of ether oxygens (including phenoxy) is 1. The summed E-state index contributed by atoms with van der Waals surface area (Å²) in [6.45, 7) is 1.81. The van der Waals surface area contributed by atoms with Gasteiger partial charge in [0.15, 0.2) is 5.54 Å². The average Bonchev–Trinajstić information content (AvgIpc) is 2.85. The predicted molar refractivity (Wildman–Crippen MR) is 99.7 cm³/mol. The summed E-state index contributed by atoms with van der Waals surface area (Å²) in [6, 6.07) is 14.5. The minimum Gasteiger partial charge on any atom is -0.449 e. The SMILES string of the molecule is CCOC(=O)N1C(=O)C(Cc2ccccc2)(NC=O)c2cc(Br)ccc21. The molecule has 1 aliphatic rings. The van der Waals surface area contributed by atoms with E-state index in [0.717, 1.165) is 14.9 Å². The molecule has 0 aromatic heterocycles. The highest BCUT2D eigenvalue weighted by molar-refractivity contribution is 9.10. The van der Waals surface area contributed by atoms with Gasteiger partial charge in [-0.05, 0) is 30.7 Å². The Morgan fingerprint density at radius 2 is 2.00 bits per heavy atom. The third-order valence-electron chi connectivity index (χ3n) is 4.30. The van der Waals surface area contributed by atoms with Crippen molar-refractivity contribution in [1.29, 1.82) is 0 Å². The fraction of sp³-hybridized carbons (Fsp3) is 0.211. The second-order valence-electron chi connectivity index (χ2n) is 5.83. The Kier molecular flexibility index (Phi) is 5.08. The zero-order valence-electron chi connectivity index (χ0n) is 14.1. The van der Waals surface area contributed by atoms with Gasteiger partial charge in [-0.1, -0.05) is 46.3 Å². The van der Waals surface area contributed by atoms with Crippen LogP contribution in [-0.2, 0) is 26.3 Å². The van der Waals surface area contributed by atoms with Crippen LogP contribution < -0.4 is 10.2 Å². The van der Waals surface area contributed by atoms with Gasteiger partial charge in [-0.25, -0.2) is 9.69 Å². The first-order chi connectivity index (χ1) is 12.5. The van der Waals surface area contributed by atoms with Crippen LogP contribution in [0.2, 0.25) is 0 Å². The van der Waals surface area contributed by atoms with Gasteiger partial charge in [0.25, 0.3) is 5.91 Å². The Morgan fingerprint density at radius 1 is 1.27 bits per heavy atom. The number of fused-ring (bicyclic) bond motifs is 1. The molecule has 3 amide bonds. The lowest BCUT2D eigenvalue weighted by Gasteiger charge is -2.28. The van der Waals surface area contributed by atoms with Crippen molar-refractivity contribution in [3.05, 3.63) is 64.1 Å². The maximum absolute atomic E-state index is 13.3. The molecule has 134 valence electrons. The third kappa shape index (κ3) is 2.99. The van der Waals surface area contributed by atoms with Crippen molar-refractivity contribution < 1.29 is 19.1 Å². The van der Waals surface area contributed by atoms with Crippen LogP contribution in [0.4, 0.5) is 10.5 Å². The molecule has 0 radical (unpaired) electrons. The number of hydrogen-bond donors (Lipinski definition) is 1. The quantitative estimate of drug-likeness (QED) is 0.759. The molecule has 0 spiro atoms. The average molecular weight is 417 g/mol. The number of benzene rings is 2. The summed E-state index contributed by atoms with van der Waals surface area (Å²) in [5.41, 5.74) is 0.421. The van der Waals surface area contributed by atoms with Gasteiger partial charge in [-0.3, -0.25) is 9.59 Å². The fourth-order valence-corrected chi connectivity index (χ4v) is 3.55. The van der Waals surface area contributed by atoms with E-state index in [-0.39, 0.29) is 13.0 Å². The smallest absolute Gasteiger partial charge is 0.421 e. The maximum atomic E-state index is 13.3. The van der Waals surface area contributed by atoms with Crippen LogP contribution in [-0.4, -0.2) is 25.0 Å². The van der Waals surface area contributed by atoms with Gasteiger partial charge in [0.05, 0.1) is 12.3 Å². The van der Waals surface area contributed by atoms with Gasteiger partial charge in [0.1, 0.15) is 0 Å². The molecule has 2 aromatic carbocycles. The molecule has 6 nitrogen and oxygen atoms in total. The van der Waals surface area contributed by atoms with E-state index in [1.807, 2.05) is 30.3 Å². The van der Waals surface area contributed by atoms with Crippen LogP contribution in [0.25, 0.3) is 0 Å². The van der Waals surface area contributed by atoms with Gasteiger partial charge in [0.2, 0.25) is 6.41 Å². The number of rotatable bonds is 5. The maximum Gasteiger partial charge on any atom is 0.421 e. The topological polar surface area (TPSA) is 75.7 Å². The van der Waals surface area contributed by atoms with Crippen molar-refractivity contribution in [2.75, 3.05) is 11.5 Å². The summed E-state index contributed by atoms with van der Waals surface area (Å²) in [4.78, 5) is 38.1. The molecule has 0 bridgehead atoms. The van der Waals surface area contributed by atoms with Crippen molar-refractivity contribution in [3.8, 4) is 0 Å². The highest BCUT2D eigenvalue weighted by atomic mass is 79.9. The van der Waals surface area contributed by atoms with Crippen LogP contribution in [0.3, 0.4) is 0 Å². The minimum absolute atomic E-state index is 0.140. The Hall–Kier alpha value is -2.67. The largest absolute Gasteiger partial charge is 0.449 e. The molecule has 1 heterocycles. The van der Waals surface area contributed by atoms with Gasteiger partial charge in [-0.15, -0.1) is 0 Å². The molecule has 3 rings (SSSR count). The zero-order valence-corrected chi connectivity index (χ0v) is 15.7. The Bertz CT molecular complexity index is 856. The lowest BCUT2D eigenvalue weighted by atomic mass is 9.85. The van der Waals surface area contributed by atoms with E-state index in [4.69, 9.17) is 4.74 Å². The van der Waals surface area contributed by atoms with E-state index in [1.54, 1.807) is 25.1 Å². The summed E-state index contributed by atoms with van der Waals surface area (Å²) in [5, 5.41) is 2.67. The number of imide groups is 1. The second-order valence-corrected chi connectivity index (χ2v) is 6.75. The van der Waals surface area contributed by atoms with Gasteiger partial charge >= 0.3 is 6.09 Å². The Labute approximate surface area is 159 Å². The highest BCUT2D eigenvalue weighted by Crippen LogP contribution is 2.43. The van der Waals surface area contributed by atoms with Crippen LogP contribution in [0.5, 0.6) is 0 Å². The molecule has 26 heavy (non-hydrogen) atoms. The summed E-state index contributed by atoms with van der Waals surface area (Å²) >= 11 is 3.40. The predicted octanol–water partition coefficient (Wildman–Crippen LogP) is 3.14. The molecule has 1 atom stereocenters. The van der Waals surface area contributed by atoms with Crippen molar-refractivity contribution in [3.63, 3.8) is 0 Å². The van der Waals surface area contributed by atoms with Crippen molar-refractivity contribution >= 4 is 40.0 Å². The van der Waals surface area contributed by atoms with Crippen molar-refractivity contribution in [2.24, 2.45) is 0 Å². The molecule has 0 saturated carbocycles. The van der Waals surface area contributed by atoms with Crippen molar-refractivity contribution in [2.45, 2.75) is 18.9 Å². The van der Waals surface area contributed by atoms with Crippen LogP contribution >= 0.6 is 15.9 Å². The summed E-state index contributed by atoms with van der Waals surface area (Å²) in [5.74, 6) is -0.542. The molecule has 0 saturated heterocycles. The number of carbonyl (C=O) groups excluding carboxylic acids is 3. The normalized spacial score (nSPS) is 18.4. The summed E-state index contributed by atoms with van der Waals surface area (Å²) in [7, 11) is 0. The fourth-order valence-electron chi connectivity index (χ4n) is 3.19. The summed E-state index contributed by atoms with van der Waals surface area (Å²) in [6.07, 6.45) is -0.0611. The number of nitrogens with one attached hydrogen (secondary N) is 1. The van der Waals surface area contributed by atoms with Gasteiger partial charge in [-0.2, -0.15) is 0 Å². The first kappa shape index (κ1) is 18.1. The lowest BCUT2D eigenvalue weighted by Crippen LogP contribution is -2.53. The molecule has 0 fully saturated rings. The molecule has 1 aliphatic heterocycles. The van der Waals surface area contributed by atoms with Gasteiger partial charge < -0.3 is 10.1 Å². The second kappa shape index (κ2) is 7.29. The summed E-state index contributed by atoms with van der Waals surface area (Å²) < 4.78 is 5.78. The molecule has 2 aromatic rings. The van der Waals surface area contributed by atoms with Crippen LogP contribution in [0, 0.1) is 0 Å². The first-order valence-corrected chi connectivity index (χ1v) is 8.89. The van der Waals surface area contributed by atoms with Crippen LogP contribution in [0.15, 0.2) is 53.0 Å². The molecule has 1 N–H and O–H groups in total. The van der Waals surface area contributed by atoms with Gasteiger partial charge in [0, 0.05) is 16.5 Å². The van der Waals surface area contributed by atoms with E-state index in [0.29, 0.717) is 17.7 Å². The van der Waals surface area contributed by atoms with Crippen molar-refractivity contribution in [1.82, 2.24) is 5.32 Å². The molecule has 7 heteroatoms. The number of halogens is 1. The standard InChI is InChI=1S/C19H17BrN2O4/c1-2-26-18(25)22-16-9-8-14(20)10-15(16)19(17(22)24,21-12-23)11-13-6-4-3-5-7-13/h3-10,12H,2,11H2,1H3,(H,21,23). The molecular weight excluding hydrogens is 400 g/mol. The number of carbonyl (C=O) groups is 3. The lowest BCUT2D eigenvalue weighted by molar-refractivity contribution is -0.127. The zero-order chi connectivity index (χ0) is 18.7. The number of nitrogens with zero attached hydrogens (tertiary/aromatic N) is 1. The van der Waals surface area contributed by atoms with E-state index >= 15 is 0 Å². The van der Waals surface area contributed by atoms with E-state index in [9.17, 15) is 14.4 Å². The minimum atomic E-state index is -1.38.